The van der Waals surface area contributed by atoms with Crippen molar-refractivity contribution in [1.82, 2.24) is 10.2 Å². The van der Waals surface area contributed by atoms with Crippen LogP contribution < -0.4 is 24.3 Å². The molecule has 2 aliphatic heterocycles. The quantitative estimate of drug-likeness (QED) is 0.651. The van der Waals surface area contributed by atoms with E-state index in [0.29, 0.717) is 47.3 Å². The van der Waals surface area contributed by atoms with E-state index in [9.17, 15) is 9.59 Å². The van der Waals surface area contributed by atoms with Crippen LogP contribution >= 0.6 is 11.8 Å². The van der Waals surface area contributed by atoms with Crippen molar-refractivity contribution in [3.05, 3.63) is 47.0 Å². The molecule has 0 aliphatic carbocycles. The average Bonchev–Trinajstić information content (AvgIpc) is 3.38. The molecular formula is C23H26N2O6S. The van der Waals surface area contributed by atoms with Crippen LogP contribution in [-0.4, -0.2) is 63.5 Å². The minimum Gasteiger partial charge on any atom is -0.493 e. The maximum absolute atomic E-state index is 13.2. The first kappa shape index (κ1) is 22.1. The predicted octanol–water partition coefficient (Wildman–Crippen LogP) is 2.65. The highest BCUT2D eigenvalue weighted by Gasteiger charge is 2.50. The number of carbonyl (C=O) groups excluding carboxylic acids is 2. The Bertz CT molecular complexity index is 1040. The van der Waals surface area contributed by atoms with Crippen LogP contribution in [0.3, 0.4) is 0 Å². The normalized spacial score (nSPS) is 18.8. The molecule has 32 heavy (non-hydrogen) atoms. The van der Waals surface area contributed by atoms with Gasteiger partial charge in [0.15, 0.2) is 23.0 Å². The molecule has 170 valence electrons. The van der Waals surface area contributed by atoms with Gasteiger partial charge in [-0.3, -0.25) is 9.59 Å². The Balaban J connectivity index is 1.43. The second-order valence-corrected chi connectivity index (χ2v) is 8.52. The van der Waals surface area contributed by atoms with Crippen LogP contribution in [-0.2, 0) is 11.2 Å². The van der Waals surface area contributed by atoms with Gasteiger partial charge in [-0.05, 0) is 30.2 Å². The Hall–Kier alpha value is -3.07. The standard InChI is InChI=1S/C23H26N2O6S/c1-28-16-7-5-13(11-18(16)30-3)9-10-24-21(26)15-12-32-23-14-6-8-17(29-2)20(31-4)19(14)22(27)25(15)23/h5-8,11,15,23H,9-10,12H2,1-4H3,(H,24,26)/t15-,23-/m0/s1. The number of nitrogens with zero attached hydrogens (tertiary/aromatic N) is 1. The molecule has 0 aromatic heterocycles. The van der Waals surface area contributed by atoms with Crippen LogP contribution in [0.5, 0.6) is 23.0 Å². The Kier molecular flexibility index (Phi) is 6.36. The molecule has 0 unspecified atom stereocenters. The zero-order valence-corrected chi connectivity index (χ0v) is 19.3. The number of carbonyl (C=O) groups is 2. The molecule has 9 heteroatoms. The number of nitrogens with one attached hydrogen (secondary N) is 1. The molecule has 1 N–H and O–H groups in total. The summed E-state index contributed by atoms with van der Waals surface area (Å²) in [6, 6.07) is 8.82. The van der Waals surface area contributed by atoms with E-state index in [-0.39, 0.29) is 17.2 Å². The van der Waals surface area contributed by atoms with Gasteiger partial charge < -0.3 is 29.2 Å². The Morgan fingerprint density at radius 2 is 1.75 bits per heavy atom. The number of methoxy groups -OCH3 is 4. The Morgan fingerprint density at radius 3 is 2.44 bits per heavy atom. The van der Waals surface area contributed by atoms with Crippen molar-refractivity contribution in [2.45, 2.75) is 17.8 Å². The van der Waals surface area contributed by atoms with E-state index in [0.717, 1.165) is 11.1 Å². The van der Waals surface area contributed by atoms with Gasteiger partial charge in [-0.2, -0.15) is 0 Å². The van der Waals surface area contributed by atoms with Gasteiger partial charge in [0.2, 0.25) is 5.91 Å². The molecular weight excluding hydrogens is 432 g/mol. The van der Waals surface area contributed by atoms with E-state index in [1.807, 2.05) is 24.3 Å². The van der Waals surface area contributed by atoms with Crippen LogP contribution in [0.4, 0.5) is 0 Å². The lowest BCUT2D eigenvalue weighted by atomic mass is 10.1. The molecule has 2 amide bonds. The second-order valence-electron chi connectivity index (χ2n) is 7.41. The number of hydrogen-bond acceptors (Lipinski definition) is 7. The lowest BCUT2D eigenvalue weighted by molar-refractivity contribution is -0.124. The fourth-order valence-corrected chi connectivity index (χ4v) is 5.63. The maximum Gasteiger partial charge on any atom is 0.260 e. The van der Waals surface area contributed by atoms with Crippen molar-refractivity contribution in [3.63, 3.8) is 0 Å². The van der Waals surface area contributed by atoms with Crippen molar-refractivity contribution in [2.75, 3.05) is 40.7 Å². The third kappa shape index (κ3) is 3.70. The maximum atomic E-state index is 13.2. The highest BCUT2D eigenvalue weighted by Crippen LogP contribution is 2.52. The third-order valence-corrected chi connectivity index (χ3v) is 7.06. The minimum atomic E-state index is -0.536. The molecule has 2 aromatic carbocycles. The molecule has 0 bridgehead atoms. The van der Waals surface area contributed by atoms with E-state index >= 15 is 0 Å². The molecule has 2 aliphatic rings. The van der Waals surface area contributed by atoms with Gasteiger partial charge in [-0.25, -0.2) is 0 Å². The second kappa shape index (κ2) is 9.20. The fourth-order valence-electron chi connectivity index (χ4n) is 4.18. The average molecular weight is 459 g/mol. The number of amides is 2. The SMILES string of the molecule is COc1ccc(CCNC(=O)[C@@H]2CS[C@H]3c4ccc(OC)c(OC)c4C(=O)N23)cc1OC. The zero-order chi connectivity index (χ0) is 22.8. The first-order chi connectivity index (χ1) is 15.5. The molecule has 4 rings (SSSR count). The highest BCUT2D eigenvalue weighted by molar-refractivity contribution is 7.99. The number of thioether (sulfide) groups is 1. The fraction of sp³-hybridized carbons (Fsp3) is 0.391. The summed E-state index contributed by atoms with van der Waals surface area (Å²) in [5.74, 6) is 2.41. The smallest absolute Gasteiger partial charge is 0.260 e. The Labute approximate surface area is 191 Å². The van der Waals surface area contributed by atoms with Gasteiger partial charge in [0.05, 0.1) is 34.0 Å². The highest BCUT2D eigenvalue weighted by atomic mass is 32.2. The van der Waals surface area contributed by atoms with Crippen LogP contribution in [0.1, 0.15) is 26.9 Å². The van der Waals surface area contributed by atoms with Crippen LogP contribution in [0.15, 0.2) is 30.3 Å². The van der Waals surface area contributed by atoms with E-state index in [1.54, 1.807) is 36.9 Å². The molecule has 1 fully saturated rings. The lowest BCUT2D eigenvalue weighted by Gasteiger charge is -2.22. The molecule has 2 heterocycles. The molecule has 0 spiro atoms. The molecule has 1 saturated heterocycles. The number of fused-ring (bicyclic) bond motifs is 3. The lowest BCUT2D eigenvalue weighted by Crippen LogP contribution is -2.46. The summed E-state index contributed by atoms with van der Waals surface area (Å²) in [6.07, 6.45) is 0.634. The van der Waals surface area contributed by atoms with Gasteiger partial charge in [-0.15, -0.1) is 11.8 Å². The summed E-state index contributed by atoms with van der Waals surface area (Å²) in [5.41, 5.74) is 2.36. The van der Waals surface area contributed by atoms with Gasteiger partial charge in [0.1, 0.15) is 11.4 Å². The number of ether oxygens (including phenoxy) is 4. The predicted molar refractivity (Wildman–Crippen MR) is 121 cm³/mol. The molecule has 2 atom stereocenters. The monoisotopic (exact) mass is 458 g/mol. The summed E-state index contributed by atoms with van der Waals surface area (Å²) >= 11 is 1.58. The molecule has 2 aromatic rings. The minimum absolute atomic E-state index is 0.160. The summed E-state index contributed by atoms with van der Waals surface area (Å²) in [4.78, 5) is 27.9. The molecule has 0 saturated carbocycles. The van der Waals surface area contributed by atoms with Gasteiger partial charge in [0.25, 0.3) is 5.91 Å². The molecule has 0 radical (unpaired) electrons. The van der Waals surface area contributed by atoms with Crippen molar-refractivity contribution in [2.24, 2.45) is 0 Å². The number of benzene rings is 2. The van der Waals surface area contributed by atoms with Gasteiger partial charge in [-0.1, -0.05) is 12.1 Å². The van der Waals surface area contributed by atoms with E-state index in [1.165, 1.54) is 14.2 Å². The van der Waals surface area contributed by atoms with Crippen molar-refractivity contribution in [1.29, 1.82) is 0 Å². The summed E-state index contributed by atoms with van der Waals surface area (Å²) in [7, 11) is 6.23. The largest absolute Gasteiger partial charge is 0.493 e. The summed E-state index contributed by atoms with van der Waals surface area (Å²) in [5, 5.41) is 2.78. The van der Waals surface area contributed by atoms with Crippen molar-refractivity contribution in [3.8, 4) is 23.0 Å². The van der Waals surface area contributed by atoms with E-state index in [4.69, 9.17) is 18.9 Å². The topological polar surface area (TPSA) is 86.3 Å². The zero-order valence-electron chi connectivity index (χ0n) is 18.5. The van der Waals surface area contributed by atoms with E-state index < -0.39 is 6.04 Å². The molecule has 8 nitrogen and oxygen atoms in total. The van der Waals surface area contributed by atoms with Crippen LogP contribution in [0.25, 0.3) is 0 Å². The Morgan fingerprint density at radius 1 is 1.03 bits per heavy atom. The van der Waals surface area contributed by atoms with Crippen molar-refractivity contribution < 1.29 is 28.5 Å². The first-order valence-electron chi connectivity index (χ1n) is 10.2. The number of rotatable bonds is 8. The van der Waals surface area contributed by atoms with E-state index in [2.05, 4.69) is 5.32 Å². The van der Waals surface area contributed by atoms with Crippen LogP contribution in [0.2, 0.25) is 0 Å². The first-order valence-corrected chi connectivity index (χ1v) is 11.3. The summed E-state index contributed by atoms with van der Waals surface area (Å²) < 4.78 is 21.4. The summed E-state index contributed by atoms with van der Waals surface area (Å²) in [6.45, 7) is 0.451. The number of hydrogen-bond donors (Lipinski definition) is 1. The van der Waals surface area contributed by atoms with Crippen molar-refractivity contribution >= 4 is 23.6 Å². The van der Waals surface area contributed by atoms with Crippen LogP contribution in [0, 0.1) is 0 Å². The van der Waals surface area contributed by atoms with Gasteiger partial charge in [0, 0.05) is 17.9 Å². The van der Waals surface area contributed by atoms with Gasteiger partial charge >= 0.3 is 0 Å². The third-order valence-electron chi connectivity index (χ3n) is 5.76.